The fraction of sp³-hybridized carbons (Fsp3) is 0.615. The van der Waals surface area contributed by atoms with Crippen molar-refractivity contribution >= 4 is 11.9 Å². The van der Waals surface area contributed by atoms with Crippen LogP contribution in [0.5, 0.6) is 0 Å². The molecule has 1 aliphatic carbocycles. The summed E-state index contributed by atoms with van der Waals surface area (Å²) in [5.41, 5.74) is -0.623. The normalized spacial score (nSPS) is 18.6. The van der Waals surface area contributed by atoms with Gasteiger partial charge < -0.3 is 9.47 Å². The number of hydrogen-bond donors (Lipinski definition) is 0. The van der Waals surface area contributed by atoms with Crippen molar-refractivity contribution in [1.82, 2.24) is 4.90 Å². The van der Waals surface area contributed by atoms with E-state index in [1.54, 1.807) is 0 Å². The summed E-state index contributed by atoms with van der Waals surface area (Å²) in [6.45, 7) is 16.5. The Bertz CT molecular complexity index is 767. The lowest BCUT2D eigenvalue weighted by atomic mass is 9.77. The van der Waals surface area contributed by atoms with E-state index in [-0.39, 0.29) is 6.42 Å². The van der Waals surface area contributed by atoms with Gasteiger partial charge in [0.05, 0.1) is 6.04 Å². The lowest BCUT2D eigenvalue weighted by Gasteiger charge is -2.41. The van der Waals surface area contributed by atoms with Crippen LogP contribution in [0, 0.1) is 5.41 Å². The number of allylic oxidation sites excluding steroid dienone is 1. The molecular weight excluding hydrogens is 390 g/mol. The van der Waals surface area contributed by atoms with Gasteiger partial charge in [-0.2, -0.15) is 0 Å². The topological polar surface area (TPSA) is 55.8 Å². The van der Waals surface area contributed by atoms with Crippen LogP contribution in [0.3, 0.4) is 0 Å². The summed E-state index contributed by atoms with van der Waals surface area (Å²) < 4.78 is 11.7. The van der Waals surface area contributed by atoms with Crippen molar-refractivity contribution in [3.63, 3.8) is 0 Å². The van der Waals surface area contributed by atoms with Crippen molar-refractivity contribution < 1.29 is 19.1 Å². The van der Waals surface area contributed by atoms with Gasteiger partial charge in [0.15, 0.2) is 5.41 Å². The minimum atomic E-state index is -1.42. The van der Waals surface area contributed by atoms with E-state index in [0.29, 0.717) is 19.5 Å². The number of benzene rings is 1. The summed E-state index contributed by atoms with van der Waals surface area (Å²) in [6, 6.07) is 9.73. The fourth-order valence-corrected chi connectivity index (χ4v) is 4.18. The minimum absolute atomic E-state index is 0.278. The van der Waals surface area contributed by atoms with E-state index in [0.717, 1.165) is 11.1 Å². The third-order valence-corrected chi connectivity index (χ3v) is 5.46. The van der Waals surface area contributed by atoms with Gasteiger partial charge >= 0.3 is 11.9 Å². The molecule has 0 heterocycles. The van der Waals surface area contributed by atoms with Crippen LogP contribution in [-0.2, 0) is 25.5 Å². The van der Waals surface area contributed by atoms with Gasteiger partial charge in [-0.15, -0.1) is 0 Å². The van der Waals surface area contributed by atoms with Crippen LogP contribution in [0.4, 0.5) is 0 Å². The van der Waals surface area contributed by atoms with E-state index in [1.165, 1.54) is 0 Å². The van der Waals surface area contributed by atoms with Gasteiger partial charge in [0.2, 0.25) is 0 Å². The summed E-state index contributed by atoms with van der Waals surface area (Å²) in [4.78, 5) is 29.5. The molecule has 5 nitrogen and oxygen atoms in total. The summed E-state index contributed by atoms with van der Waals surface area (Å²) >= 11 is 0. The summed E-state index contributed by atoms with van der Waals surface area (Å²) in [7, 11) is 0. The zero-order chi connectivity index (χ0) is 23.4. The van der Waals surface area contributed by atoms with Crippen LogP contribution < -0.4 is 0 Å². The van der Waals surface area contributed by atoms with Crippen LogP contribution in [0.15, 0.2) is 42.0 Å². The smallest absolute Gasteiger partial charge is 0.326 e. The Kier molecular flexibility index (Phi) is 7.75. The lowest BCUT2D eigenvalue weighted by Crippen LogP contribution is -2.58. The third-order valence-electron chi connectivity index (χ3n) is 5.46. The number of likely N-dealkylation sites (N-methyl/N-ethyl adjacent to an activating group) is 1. The van der Waals surface area contributed by atoms with Crippen LogP contribution in [0.1, 0.15) is 67.4 Å². The fourth-order valence-electron chi connectivity index (χ4n) is 4.18. The van der Waals surface area contributed by atoms with Crippen LogP contribution >= 0.6 is 0 Å². The van der Waals surface area contributed by atoms with E-state index < -0.39 is 34.6 Å². The molecule has 1 aromatic carbocycles. The van der Waals surface area contributed by atoms with Crippen LogP contribution in [0.25, 0.3) is 0 Å². The number of hydrogen-bond acceptors (Lipinski definition) is 5. The molecule has 0 saturated carbocycles. The van der Waals surface area contributed by atoms with Gasteiger partial charge in [0.1, 0.15) is 11.2 Å². The maximum atomic E-state index is 13.7. The molecule has 2 rings (SSSR count). The second kappa shape index (κ2) is 9.56. The summed E-state index contributed by atoms with van der Waals surface area (Å²) in [5, 5.41) is 0. The Hall–Kier alpha value is -2.14. The molecule has 0 saturated heterocycles. The van der Waals surface area contributed by atoms with Gasteiger partial charge in [0, 0.05) is 0 Å². The van der Waals surface area contributed by atoms with E-state index in [4.69, 9.17) is 9.47 Å². The quantitative estimate of drug-likeness (QED) is 0.349. The van der Waals surface area contributed by atoms with Crippen molar-refractivity contribution in [3.8, 4) is 0 Å². The molecule has 172 valence electrons. The Morgan fingerprint density at radius 1 is 0.935 bits per heavy atom. The number of esters is 2. The SMILES string of the molecule is CCN(CC)C1C(Cc2ccccc2)=CCC1(C(=O)OC(C)(C)C)C(=O)OC(C)(C)C. The predicted molar refractivity (Wildman–Crippen MR) is 124 cm³/mol. The van der Waals surface area contributed by atoms with Crippen LogP contribution in [0.2, 0.25) is 0 Å². The molecule has 31 heavy (non-hydrogen) atoms. The average molecular weight is 430 g/mol. The zero-order valence-corrected chi connectivity index (χ0v) is 20.5. The van der Waals surface area contributed by atoms with Crippen molar-refractivity contribution in [1.29, 1.82) is 0 Å². The van der Waals surface area contributed by atoms with Crippen molar-refractivity contribution in [3.05, 3.63) is 47.5 Å². The second-order valence-electron chi connectivity index (χ2n) is 10.2. The number of nitrogens with zero attached hydrogens (tertiary/aromatic N) is 1. The first-order valence-electron chi connectivity index (χ1n) is 11.3. The Morgan fingerprint density at radius 2 is 1.42 bits per heavy atom. The van der Waals surface area contributed by atoms with Crippen LogP contribution in [-0.4, -0.2) is 47.2 Å². The van der Waals surface area contributed by atoms with Crippen molar-refractivity contribution in [2.24, 2.45) is 5.41 Å². The molecular formula is C26H39NO4. The minimum Gasteiger partial charge on any atom is -0.459 e. The Morgan fingerprint density at radius 3 is 1.84 bits per heavy atom. The Balaban J connectivity index is 2.57. The lowest BCUT2D eigenvalue weighted by molar-refractivity contribution is -0.188. The van der Waals surface area contributed by atoms with E-state index in [2.05, 4.69) is 30.9 Å². The highest BCUT2D eigenvalue weighted by molar-refractivity contribution is 6.03. The molecule has 1 aromatic rings. The van der Waals surface area contributed by atoms with Gasteiger partial charge in [0.25, 0.3) is 0 Å². The zero-order valence-electron chi connectivity index (χ0n) is 20.5. The standard InChI is InChI=1S/C26H39NO4/c1-9-27(10-2)21-20(18-19-14-12-11-13-15-19)16-17-26(21,22(28)30-24(3,4)5)23(29)31-25(6,7)8/h11-16,21H,9-10,17-18H2,1-8H3. The molecule has 1 aliphatic rings. The molecule has 0 spiro atoms. The van der Waals surface area contributed by atoms with E-state index in [1.807, 2.05) is 65.8 Å². The second-order valence-corrected chi connectivity index (χ2v) is 10.2. The number of carbonyl (C=O) groups is 2. The molecule has 0 N–H and O–H groups in total. The molecule has 0 fully saturated rings. The van der Waals surface area contributed by atoms with Gasteiger partial charge in [-0.25, -0.2) is 0 Å². The highest BCUT2D eigenvalue weighted by atomic mass is 16.6. The van der Waals surface area contributed by atoms with E-state index >= 15 is 0 Å². The first kappa shape index (κ1) is 25.1. The summed E-state index contributed by atoms with van der Waals surface area (Å²) in [5.74, 6) is -1.02. The third kappa shape index (κ3) is 5.97. The first-order chi connectivity index (χ1) is 14.3. The largest absolute Gasteiger partial charge is 0.459 e. The van der Waals surface area contributed by atoms with Crippen molar-refractivity contribution in [2.75, 3.05) is 13.1 Å². The van der Waals surface area contributed by atoms with Gasteiger partial charge in [-0.3, -0.25) is 14.5 Å². The molecule has 1 atom stereocenters. The molecule has 0 aromatic heterocycles. The van der Waals surface area contributed by atoms with Gasteiger partial charge in [-0.1, -0.05) is 55.8 Å². The molecule has 1 unspecified atom stereocenters. The first-order valence-corrected chi connectivity index (χ1v) is 11.3. The maximum absolute atomic E-state index is 13.7. The van der Waals surface area contributed by atoms with E-state index in [9.17, 15) is 9.59 Å². The predicted octanol–water partition coefficient (Wildman–Crippen LogP) is 4.94. The maximum Gasteiger partial charge on any atom is 0.326 e. The highest BCUT2D eigenvalue weighted by Gasteiger charge is 2.60. The molecule has 0 aliphatic heterocycles. The molecule has 5 heteroatoms. The van der Waals surface area contributed by atoms with Gasteiger partial charge in [-0.05, 0) is 73.0 Å². The average Bonchev–Trinajstić information content (AvgIpc) is 3.01. The highest BCUT2D eigenvalue weighted by Crippen LogP contribution is 2.46. The molecule has 0 bridgehead atoms. The number of ether oxygens (including phenoxy) is 2. The molecule has 0 radical (unpaired) electrons. The summed E-state index contributed by atoms with van der Waals surface area (Å²) in [6.07, 6.45) is 3.00. The number of rotatable bonds is 7. The Labute approximate surface area is 187 Å². The molecule has 0 amide bonds. The number of carbonyl (C=O) groups excluding carboxylic acids is 2. The monoisotopic (exact) mass is 429 g/mol. The van der Waals surface area contributed by atoms with Crippen molar-refractivity contribution in [2.45, 2.75) is 85.5 Å².